The van der Waals surface area contributed by atoms with E-state index >= 15 is 0 Å². The van der Waals surface area contributed by atoms with E-state index in [0.717, 1.165) is 24.0 Å². The quantitative estimate of drug-likeness (QED) is 0.676. The van der Waals surface area contributed by atoms with Crippen molar-refractivity contribution < 1.29 is 31.1 Å². The van der Waals surface area contributed by atoms with Crippen LogP contribution < -0.4 is 14.4 Å². The summed E-state index contributed by atoms with van der Waals surface area (Å²) in [6.07, 6.45) is -3.78. The fourth-order valence-electron chi connectivity index (χ4n) is 2.58. The number of hydrogen-bond donors (Lipinski definition) is 1. The van der Waals surface area contributed by atoms with Crippen LogP contribution in [0.2, 0.25) is 0 Å². The average molecular weight is 444 g/mol. The predicted octanol–water partition coefficient (Wildman–Crippen LogP) is 3.58. The van der Waals surface area contributed by atoms with Gasteiger partial charge in [-0.1, -0.05) is 18.2 Å². The van der Waals surface area contributed by atoms with E-state index in [0.29, 0.717) is 16.1 Å². The topological polar surface area (TPSA) is 75.7 Å². The normalized spacial score (nSPS) is 12.0. The molecule has 1 amide bonds. The van der Waals surface area contributed by atoms with Crippen LogP contribution in [0.25, 0.3) is 0 Å². The minimum absolute atomic E-state index is 0.0216. The lowest BCUT2D eigenvalue weighted by molar-refractivity contribution is -0.137. The Morgan fingerprint density at radius 1 is 1.13 bits per heavy atom. The van der Waals surface area contributed by atoms with E-state index in [1.807, 2.05) is 13.8 Å². The molecular weight excluding hydrogens is 421 g/mol. The summed E-state index contributed by atoms with van der Waals surface area (Å²) >= 11 is 0. The molecule has 0 atom stereocenters. The molecule has 0 aliphatic carbocycles. The molecule has 6 nitrogen and oxygen atoms in total. The molecule has 30 heavy (non-hydrogen) atoms. The number of alkyl halides is 3. The minimum Gasteiger partial charge on any atom is -0.491 e. The number of halogens is 3. The van der Waals surface area contributed by atoms with Gasteiger partial charge in [0.25, 0.3) is 0 Å². The zero-order valence-corrected chi connectivity index (χ0v) is 17.5. The first-order chi connectivity index (χ1) is 13.9. The first-order valence-corrected chi connectivity index (χ1v) is 10.9. The number of rotatable bonds is 8. The van der Waals surface area contributed by atoms with Crippen LogP contribution in [0, 0.1) is 0 Å². The molecule has 0 radical (unpaired) electrons. The lowest BCUT2D eigenvalue weighted by atomic mass is 10.2. The molecule has 2 aromatic rings. The van der Waals surface area contributed by atoms with E-state index < -0.39 is 34.2 Å². The van der Waals surface area contributed by atoms with E-state index in [2.05, 4.69) is 5.32 Å². The third kappa shape index (κ3) is 6.94. The molecule has 10 heteroatoms. The number of amides is 1. The summed E-state index contributed by atoms with van der Waals surface area (Å²) in [5.74, 6) is 0.0215. The van der Waals surface area contributed by atoms with E-state index in [1.54, 1.807) is 24.3 Å². The Hall–Kier alpha value is -2.75. The highest BCUT2D eigenvalue weighted by Gasteiger charge is 2.32. The second-order valence-corrected chi connectivity index (χ2v) is 8.81. The van der Waals surface area contributed by atoms with Gasteiger partial charge in [-0.2, -0.15) is 13.2 Å². The van der Waals surface area contributed by atoms with Crippen molar-refractivity contribution in [3.05, 3.63) is 59.7 Å². The minimum atomic E-state index is -4.63. The maximum atomic E-state index is 12.9. The molecule has 0 saturated carbocycles. The Bertz CT molecular complexity index is 974. The Kier molecular flexibility index (Phi) is 7.35. The van der Waals surface area contributed by atoms with Crippen molar-refractivity contribution in [1.82, 2.24) is 5.32 Å². The zero-order chi connectivity index (χ0) is 22.5. The number of sulfonamides is 1. The SMILES string of the molecule is CC(C)Oc1ccc(CNC(=O)CN(c2cccc(C(F)(F)F)c2)S(C)(=O)=O)cc1. The second kappa shape index (κ2) is 9.38. The Morgan fingerprint density at radius 2 is 1.77 bits per heavy atom. The highest BCUT2D eigenvalue weighted by molar-refractivity contribution is 7.92. The first-order valence-electron chi connectivity index (χ1n) is 9.03. The second-order valence-electron chi connectivity index (χ2n) is 6.91. The molecule has 0 heterocycles. The Balaban J connectivity index is 2.08. The van der Waals surface area contributed by atoms with Crippen LogP contribution in [-0.2, 0) is 27.5 Å². The van der Waals surface area contributed by atoms with Gasteiger partial charge in [0.05, 0.1) is 23.6 Å². The largest absolute Gasteiger partial charge is 0.491 e. The summed E-state index contributed by atoms with van der Waals surface area (Å²) in [4.78, 5) is 12.3. The third-order valence-corrected chi connectivity index (χ3v) is 5.07. The summed E-state index contributed by atoms with van der Waals surface area (Å²) in [5, 5.41) is 2.57. The molecule has 0 aromatic heterocycles. The molecular formula is C20H23F3N2O4S. The van der Waals surface area contributed by atoms with E-state index in [9.17, 15) is 26.4 Å². The van der Waals surface area contributed by atoms with Gasteiger partial charge in [0.1, 0.15) is 12.3 Å². The Labute approximate surface area is 173 Å². The summed E-state index contributed by atoms with van der Waals surface area (Å²) in [5.41, 5.74) is -0.486. The molecule has 0 saturated heterocycles. The highest BCUT2D eigenvalue weighted by Crippen LogP contribution is 2.32. The summed E-state index contributed by atoms with van der Waals surface area (Å²) in [7, 11) is -3.99. The lowest BCUT2D eigenvalue weighted by Gasteiger charge is -2.22. The molecule has 0 bridgehead atoms. The van der Waals surface area contributed by atoms with Gasteiger partial charge in [0, 0.05) is 6.54 Å². The number of nitrogens with one attached hydrogen (secondary N) is 1. The summed E-state index contributed by atoms with van der Waals surface area (Å²) in [6, 6.07) is 10.8. The number of nitrogens with zero attached hydrogens (tertiary/aromatic N) is 1. The first kappa shape index (κ1) is 23.5. The van der Waals surface area contributed by atoms with Crippen LogP contribution >= 0.6 is 0 Å². The maximum Gasteiger partial charge on any atom is 0.416 e. The fraction of sp³-hybridized carbons (Fsp3) is 0.350. The van der Waals surface area contributed by atoms with E-state index in [4.69, 9.17) is 4.74 Å². The number of anilines is 1. The van der Waals surface area contributed by atoms with Crippen LogP contribution in [0.3, 0.4) is 0 Å². The molecule has 0 aliphatic heterocycles. The van der Waals surface area contributed by atoms with Crippen molar-refractivity contribution in [1.29, 1.82) is 0 Å². The van der Waals surface area contributed by atoms with Crippen LogP contribution in [0.5, 0.6) is 5.75 Å². The molecule has 2 rings (SSSR count). The van der Waals surface area contributed by atoms with E-state index in [1.165, 1.54) is 6.07 Å². The fourth-order valence-corrected chi connectivity index (χ4v) is 3.43. The van der Waals surface area contributed by atoms with Gasteiger partial charge < -0.3 is 10.1 Å². The van der Waals surface area contributed by atoms with Gasteiger partial charge in [-0.3, -0.25) is 9.10 Å². The van der Waals surface area contributed by atoms with Gasteiger partial charge in [0.15, 0.2) is 0 Å². The van der Waals surface area contributed by atoms with Crippen LogP contribution in [-0.4, -0.2) is 33.2 Å². The molecule has 1 N–H and O–H groups in total. The van der Waals surface area contributed by atoms with Gasteiger partial charge in [-0.05, 0) is 49.7 Å². The van der Waals surface area contributed by atoms with Crippen molar-refractivity contribution in [3.63, 3.8) is 0 Å². The lowest BCUT2D eigenvalue weighted by Crippen LogP contribution is -2.40. The van der Waals surface area contributed by atoms with Crippen LogP contribution in [0.4, 0.5) is 18.9 Å². The van der Waals surface area contributed by atoms with Gasteiger partial charge in [0.2, 0.25) is 15.9 Å². The van der Waals surface area contributed by atoms with Gasteiger partial charge in [-0.15, -0.1) is 0 Å². The molecule has 2 aromatic carbocycles. The van der Waals surface area contributed by atoms with Crippen LogP contribution in [0.1, 0.15) is 25.0 Å². The van der Waals surface area contributed by atoms with Crippen molar-refractivity contribution in [3.8, 4) is 5.75 Å². The molecule has 0 unspecified atom stereocenters. The average Bonchev–Trinajstić information content (AvgIpc) is 2.63. The summed E-state index contributed by atoms with van der Waals surface area (Å²) < 4.78 is 69.1. The van der Waals surface area contributed by atoms with E-state index in [-0.39, 0.29) is 18.3 Å². The van der Waals surface area contributed by atoms with Crippen molar-refractivity contribution in [2.24, 2.45) is 0 Å². The number of ether oxygens (including phenoxy) is 1. The van der Waals surface area contributed by atoms with Crippen LogP contribution in [0.15, 0.2) is 48.5 Å². The van der Waals surface area contributed by atoms with Crippen molar-refractivity contribution >= 4 is 21.6 Å². The number of carbonyl (C=O) groups excluding carboxylic acids is 1. The number of hydrogen-bond acceptors (Lipinski definition) is 4. The maximum absolute atomic E-state index is 12.9. The zero-order valence-electron chi connectivity index (χ0n) is 16.7. The highest BCUT2D eigenvalue weighted by atomic mass is 32.2. The predicted molar refractivity (Wildman–Crippen MR) is 108 cm³/mol. The molecule has 0 spiro atoms. The standard InChI is InChI=1S/C20H23F3N2O4S/c1-14(2)29-18-9-7-15(8-10-18)12-24-19(26)13-25(30(3,27)28)17-6-4-5-16(11-17)20(21,22)23/h4-11,14H,12-13H2,1-3H3,(H,24,26). The molecule has 164 valence electrons. The van der Waals surface area contributed by atoms with Crippen molar-refractivity contribution in [2.45, 2.75) is 32.7 Å². The van der Waals surface area contributed by atoms with Gasteiger partial charge >= 0.3 is 6.18 Å². The molecule has 0 aliphatic rings. The molecule has 0 fully saturated rings. The van der Waals surface area contributed by atoms with Gasteiger partial charge in [-0.25, -0.2) is 8.42 Å². The Morgan fingerprint density at radius 3 is 2.30 bits per heavy atom. The smallest absolute Gasteiger partial charge is 0.416 e. The number of carbonyl (C=O) groups is 1. The number of benzene rings is 2. The third-order valence-electron chi connectivity index (χ3n) is 3.93. The monoisotopic (exact) mass is 444 g/mol. The summed E-state index contributed by atoms with van der Waals surface area (Å²) in [6.45, 7) is 3.27. The van der Waals surface area contributed by atoms with Crippen molar-refractivity contribution in [2.75, 3.05) is 17.1 Å².